The summed E-state index contributed by atoms with van der Waals surface area (Å²) < 4.78 is 0. The number of carbonyl (C=O) groups is 2. The Kier molecular flexibility index (Phi) is 6.70. The van der Waals surface area contributed by atoms with Gasteiger partial charge in [0.05, 0.1) is 5.92 Å². The molecule has 1 rings (SSSR count). The number of aryl methyl sites for hydroxylation is 1. The van der Waals surface area contributed by atoms with Crippen LogP contribution in [-0.2, 0) is 16.0 Å². The third kappa shape index (κ3) is 6.31. The first-order chi connectivity index (χ1) is 9.49. The molecule has 0 radical (unpaired) electrons. The number of aliphatic carboxylic acids is 1. The first kappa shape index (κ1) is 16.1. The number of carbonyl (C=O) groups excluding carboxylic acids is 1. The molecule has 0 aliphatic carbocycles. The summed E-state index contributed by atoms with van der Waals surface area (Å²) in [7, 11) is 0. The van der Waals surface area contributed by atoms with E-state index in [0.29, 0.717) is 25.2 Å². The second kappa shape index (κ2) is 8.30. The van der Waals surface area contributed by atoms with E-state index in [9.17, 15) is 9.59 Å². The van der Waals surface area contributed by atoms with Gasteiger partial charge in [-0.05, 0) is 36.5 Å². The fraction of sp³-hybridized carbons (Fsp3) is 0.533. The maximum atomic E-state index is 11.7. The standard InChI is InChI=1S/C15H22N2O3/c1-11(2)9-13(15(19)20)10-17-14(18)4-3-12-5-7-16-8-6-12/h5-8,11,13H,3-4,9-10H2,1-2H3,(H,17,18)(H,19,20). The lowest BCUT2D eigenvalue weighted by Gasteiger charge is -2.15. The molecule has 0 saturated heterocycles. The Morgan fingerprint density at radius 2 is 1.95 bits per heavy atom. The van der Waals surface area contributed by atoms with Gasteiger partial charge >= 0.3 is 5.97 Å². The SMILES string of the molecule is CC(C)CC(CNC(=O)CCc1ccncc1)C(=O)O. The van der Waals surface area contributed by atoms with Gasteiger partial charge in [-0.2, -0.15) is 0 Å². The van der Waals surface area contributed by atoms with E-state index in [-0.39, 0.29) is 12.5 Å². The average Bonchev–Trinajstić information content (AvgIpc) is 2.41. The van der Waals surface area contributed by atoms with Gasteiger partial charge in [-0.1, -0.05) is 13.8 Å². The molecule has 1 unspecified atom stereocenters. The van der Waals surface area contributed by atoms with Crippen LogP contribution in [0.15, 0.2) is 24.5 Å². The molecular formula is C15H22N2O3. The predicted molar refractivity (Wildman–Crippen MR) is 76.1 cm³/mol. The number of pyridine rings is 1. The van der Waals surface area contributed by atoms with Crippen molar-refractivity contribution >= 4 is 11.9 Å². The Hall–Kier alpha value is -1.91. The van der Waals surface area contributed by atoms with Crippen molar-refractivity contribution < 1.29 is 14.7 Å². The molecule has 1 amide bonds. The summed E-state index contributed by atoms with van der Waals surface area (Å²) in [5.41, 5.74) is 1.05. The minimum Gasteiger partial charge on any atom is -0.481 e. The number of amides is 1. The summed E-state index contributed by atoms with van der Waals surface area (Å²) in [5.74, 6) is -1.19. The molecule has 20 heavy (non-hydrogen) atoms. The monoisotopic (exact) mass is 278 g/mol. The number of nitrogens with zero attached hydrogens (tertiary/aromatic N) is 1. The highest BCUT2D eigenvalue weighted by molar-refractivity contribution is 5.77. The van der Waals surface area contributed by atoms with Crippen LogP contribution < -0.4 is 5.32 Å². The zero-order valence-corrected chi connectivity index (χ0v) is 12.0. The van der Waals surface area contributed by atoms with Gasteiger partial charge in [0.15, 0.2) is 0 Å². The molecule has 5 nitrogen and oxygen atoms in total. The van der Waals surface area contributed by atoms with Crippen molar-refractivity contribution in [1.29, 1.82) is 0 Å². The highest BCUT2D eigenvalue weighted by Crippen LogP contribution is 2.11. The minimum atomic E-state index is -0.854. The number of nitrogens with one attached hydrogen (secondary N) is 1. The van der Waals surface area contributed by atoms with E-state index in [2.05, 4.69) is 10.3 Å². The molecule has 0 spiro atoms. The summed E-state index contributed by atoms with van der Waals surface area (Å²) in [4.78, 5) is 26.7. The smallest absolute Gasteiger partial charge is 0.308 e. The minimum absolute atomic E-state index is 0.114. The van der Waals surface area contributed by atoms with E-state index in [1.54, 1.807) is 12.4 Å². The average molecular weight is 278 g/mol. The predicted octanol–water partition coefficient (Wildman–Crippen LogP) is 1.88. The van der Waals surface area contributed by atoms with Crippen molar-refractivity contribution in [2.45, 2.75) is 33.1 Å². The van der Waals surface area contributed by atoms with E-state index in [0.717, 1.165) is 5.56 Å². The molecule has 1 aromatic rings. The first-order valence-electron chi connectivity index (χ1n) is 6.87. The summed E-state index contributed by atoms with van der Waals surface area (Å²) in [6.45, 7) is 4.14. The van der Waals surface area contributed by atoms with Crippen LogP contribution in [0.25, 0.3) is 0 Å². The van der Waals surface area contributed by atoms with Gasteiger partial charge in [0.2, 0.25) is 5.91 Å². The molecular weight excluding hydrogens is 256 g/mol. The molecule has 110 valence electrons. The number of carboxylic acids is 1. The van der Waals surface area contributed by atoms with Crippen molar-refractivity contribution in [1.82, 2.24) is 10.3 Å². The van der Waals surface area contributed by atoms with Gasteiger partial charge in [-0.25, -0.2) is 0 Å². The number of rotatable bonds is 8. The zero-order chi connectivity index (χ0) is 15.0. The second-order valence-corrected chi connectivity index (χ2v) is 5.32. The Morgan fingerprint density at radius 3 is 2.50 bits per heavy atom. The molecule has 0 fully saturated rings. The van der Waals surface area contributed by atoms with Crippen LogP contribution in [0.4, 0.5) is 0 Å². The van der Waals surface area contributed by atoms with Crippen molar-refractivity contribution in [3.63, 3.8) is 0 Å². The quantitative estimate of drug-likeness (QED) is 0.761. The van der Waals surface area contributed by atoms with Crippen LogP contribution in [0.3, 0.4) is 0 Å². The lowest BCUT2D eigenvalue weighted by molar-refractivity contribution is -0.142. The van der Waals surface area contributed by atoms with Gasteiger partial charge in [-0.15, -0.1) is 0 Å². The van der Waals surface area contributed by atoms with Crippen LogP contribution >= 0.6 is 0 Å². The molecule has 2 N–H and O–H groups in total. The van der Waals surface area contributed by atoms with Crippen molar-refractivity contribution in [2.75, 3.05) is 6.54 Å². The highest BCUT2D eigenvalue weighted by atomic mass is 16.4. The van der Waals surface area contributed by atoms with Crippen LogP contribution in [-0.4, -0.2) is 28.5 Å². The van der Waals surface area contributed by atoms with E-state index >= 15 is 0 Å². The largest absolute Gasteiger partial charge is 0.481 e. The topological polar surface area (TPSA) is 79.3 Å². The lowest BCUT2D eigenvalue weighted by atomic mass is 9.97. The van der Waals surface area contributed by atoms with Crippen molar-refractivity contribution in [2.24, 2.45) is 11.8 Å². The number of hydrogen-bond acceptors (Lipinski definition) is 3. The summed E-state index contributed by atoms with van der Waals surface area (Å²) in [5, 5.41) is 11.8. The van der Waals surface area contributed by atoms with Gasteiger partial charge in [-0.3, -0.25) is 14.6 Å². The molecule has 0 saturated carbocycles. The van der Waals surface area contributed by atoms with Gasteiger partial charge < -0.3 is 10.4 Å². The molecule has 0 aliphatic heterocycles. The highest BCUT2D eigenvalue weighted by Gasteiger charge is 2.19. The molecule has 0 aliphatic rings. The number of aromatic nitrogens is 1. The van der Waals surface area contributed by atoms with E-state index in [4.69, 9.17) is 5.11 Å². The van der Waals surface area contributed by atoms with E-state index in [1.807, 2.05) is 26.0 Å². The van der Waals surface area contributed by atoms with Gasteiger partial charge in [0, 0.05) is 25.4 Å². The molecule has 0 aromatic carbocycles. The number of hydrogen-bond donors (Lipinski definition) is 2. The lowest BCUT2D eigenvalue weighted by Crippen LogP contribution is -2.33. The molecule has 0 bridgehead atoms. The summed E-state index contributed by atoms with van der Waals surface area (Å²) in [6.07, 6.45) is 4.95. The van der Waals surface area contributed by atoms with Gasteiger partial charge in [0.25, 0.3) is 0 Å². The van der Waals surface area contributed by atoms with Crippen LogP contribution in [0.2, 0.25) is 0 Å². The van der Waals surface area contributed by atoms with E-state index < -0.39 is 11.9 Å². The Balaban J connectivity index is 2.32. The number of carboxylic acid groups (broad SMARTS) is 1. The summed E-state index contributed by atoms with van der Waals surface area (Å²) in [6, 6.07) is 3.73. The van der Waals surface area contributed by atoms with Crippen LogP contribution in [0.5, 0.6) is 0 Å². The Bertz CT molecular complexity index is 432. The first-order valence-corrected chi connectivity index (χ1v) is 6.87. The Morgan fingerprint density at radius 1 is 1.30 bits per heavy atom. The fourth-order valence-electron chi connectivity index (χ4n) is 1.97. The van der Waals surface area contributed by atoms with Crippen molar-refractivity contribution in [3.05, 3.63) is 30.1 Å². The molecule has 5 heteroatoms. The zero-order valence-electron chi connectivity index (χ0n) is 12.0. The maximum absolute atomic E-state index is 11.7. The van der Waals surface area contributed by atoms with Crippen LogP contribution in [0.1, 0.15) is 32.3 Å². The molecule has 1 heterocycles. The maximum Gasteiger partial charge on any atom is 0.308 e. The normalized spacial score (nSPS) is 12.2. The third-order valence-corrected chi connectivity index (χ3v) is 3.04. The van der Waals surface area contributed by atoms with Gasteiger partial charge in [0.1, 0.15) is 0 Å². The molecule has 1 aromatic heterocycles. The van der Waals surface area contributed by atoms with E-state index in [1.165, 1.54) is 0 Å². The second-order valence-electron chi connectivity index (χ2n) is 5.32. The molecule has 1 atom stereocenters. The Labute approximate surface area is 119 Å². The summed E-state index contributed by atoms with van der Waals surface area (Å²) >= 11 is 0. The fourth-order valence-corrected chi connectivity index (χ4v) is 1.97. The third-order valence-electron chi connectivity index (χ3n) is 3.04. The van der Waals surface area contributed by atoms with Crippen molar-refractivity contribution in [3.8, 4) is 0 Å². The van der Waals surface area contributed by atoms with Crippen LogP contribution in [0, 0.1) is 11.8 Å².